The van der Waals surface area contributed by atoms with Crippen LogP contribution >= 0.6 is 11.6 Å². The minimum Gasteiger partial charge on any atom is -0.328 e. The summed E-state index contributed by atoms with van der Waals surface area (Å²) in [7, 11) is -3.50. The first-order valence-corrected chi connectivity index (χ1v) is 7.21. The maximum Gasteiger partial charge on any atom is 0.240 e. The van der Waals surface area contributed by atoms with E-state index in [1.807, 2.05) is 6.92 Å². The molecule has 0 aromatic heterocycles. The molecule has 0 saturated carbocycles. The van der Waals surface area contributed by atoms with Gasteiger partial charge in [0.1, 0.15) is 0 Å². The van der Waals surface area contributed by atoms with Gasteiger partial charge in [0.05, 0.1) is 4.90 Å². The summed E-state index contributed by atoms with van der Waals surface area (Å²) in [5.74, 6) is 0. The topological polar surface area (TPSA) is 72.2 Å². The van der Waals surface area contributed by atoms with Gasteiger partial charge in [-0.1, -0.05) is 17.7 Å². The molecule has 96 valence electrons. The van der Waals surface area contributed by atoms with Crippen molar-refractivity contribution in [3.8, 4) is 0 Å². The van der Waals surface area contributed by atoms with Gasteiger partial charge in [0.15, 0.2) is 0 Å². The Morgan fingerprint density at radius 2 is 2.12 bits per heavy atom. The SMILES string of the molecule is Cc1c(Cl)cccc1S(=O)(=O)NCCC(C)N. The summed E-state index contributed by atoms with van der Waals surface area (Å²) in [5.41, 5.74) is 6.12. The third kappa shape index (κ3) is 3.96. The summed E-state index contributed by atoms with van der Waals surface area (Å²) < 4.78 is 26.5. The van der Waals surface area contributed by atoms with Crippen molar-refractivity contribution in [2.75, 3.05) is 6.54 Å². The van der Waals surface area contributed by atoms with Crippen LogP contribution in [-0.4, -0.2) is 21.0 Å². The van der Waals surface area contributed by atoms with E-state index in [2.05, 4.69) is 4.72 Å². The number of hydrogen-bond acceptors (Lipinski definition) is 3. The number of halogens is 1. The van der Waals surface area contributed by atoms with Crippen LogP contribution in [0.3, 0.4) is 0 Å². The van der Waals surface area contributed by atoms with Crippen LogP contribution in [0, 0.1) is 6.92 Å². The number of nitrogens with two attached hydrogens (primary N) is 1. The molecule has 0 aliphatic carbocycles. The van der Waals surface area contributed by atoms with Crippen LogP contribution in [0.4, 0.5) is 0 Å². The highest BCUT2D eigenvalue weighted by molar-refractivity contribution is 7.89. The summed E-state index contributed by atoms with van der Waals surface area (Å²) in [6.07, 6.45) is 0.596. The maximum atomic E-state index is 12.0. The standard InChI is InChI=1S/C11H17ClN2O2S/c1-8(13)6-7-14-17(15,16)11-5-3-4-10(12)9(11)2/h3-5,8,14H,6-7,13H2,1-2H3. The van der Waals surface area contributed by atoms with Crippen molar-refractivity contribution in [3.05, 3.63) is 28.8 Å². The highest BCUT2D eigenvalue weighted by atomic mass is 35.5. The highest BCUT2D eigenvalue weighted by Crippen LogP contribution is 2.22. The van der Waals surface area contributed by atoms with Crippen molar-refractivity contribution in [2.45, 2.75) is 31.2 Å². The molecule has 0 fully saturated rings. The first-order chi connectivity index (χ1) is 7.84. The lowest BCUT2D eigenvalue weighted by Gasteiger charge is -2.11. The second-order valence-corrected chi connectivity index (χ2v) is 6.17. The summed E-state index contributed by atoms with van der Waals surface area (Å²) in [5, 5.41) is 0.445. The average molecular weight is 277 g/mol. The molecule has 3 N–H and O–H groups in total. The van der Waals surface area contributed by atoms with E-state index in [9.17, 15) is 8.42 Å². The third-order valence-electron chi connectivity index (χ3n) is 2.40. The van der Waals surface area contributed by atoms with Crippen molar-refractivity contribution in [2.24, 2.45) is 5.73 Å². The molecule has 1 rings (SSSR count). The molecule has 1 aromatic rings. The summed E-state index contributed by atoms with van der Waals surface area (Å²) in [4.78, 5) is 0.217. The van der Waals surface area contributed by atoms with Gasteiger partial charge in [-0.3, -0.25) is 0 Å². The van der Waals surface area contributed by atoms with Crippen molar-refractivity contribution in [1.29, 1.82) is 0 Å². The van der Waals surface area contributed by atoms with Crippen LogP contribution in [0.1, 0.15) is 18.9 Å². The molecule has 1 aromatic carbocycles. The molecule has 17 heavy (non-hydrogen) atoms. The second kappa shape index (κ2) is 5.82. The maximum absolute atomic E-state index is 12.0. The van der Waals surface area contributed by atoms with Crippen molar-refractivity contribution >= 4 is 21.6 Å². The quantitative estimate of drug-likeness (QED) is 0.859. The predicted molar refractivity (Wildman–Crippen MR) is 69.6 cm³/mol. The van der Waals surface area contributed by atoms with Gasteiger partial charge in [-0.2, -0.15) is 0 Å². The van der Waals surface area contributed by atoms with Crippen LogP contribution in [0.15, 0.2) is 23.1 Å². The van der Waals surface area contributed by atoms with E-state index in [1.165, 1.54) is 6.07 Å². The van der Waals surface area contributed by atoms with Gasteiger partial charge in [0, 0.05) is 17.6 Å². The molecule has 0 amide bonds. The second-order valence-electron chi connectivity index (χ2n) is 4.03. The van der Waals surface area contributed by atoms with Gasteiger partial charge < -0.3 is 5.73 Å². The number of sulfonamides is 1. The Morgan fingerprint density at radius 1 is 1.47 bits per heavy atom. The zero-order valence-corrected chi connectivity index (χ0v) is 11.5. The van der Waals surface area contributed by atoms with Gasteiger partial charge in [-0.25, -0.2) is 13.1 Å². The molecule has 4 nitrogen and oxygen atoms in total. The van der Waals surface area contributed by atoms with Crippen LogP contribution in [0.25, 0.3) is 0 Å². The Kier molecular flexibility index (Phi) is 4.94. The lowest BCUT2D eigenvalue weighted by atomic mass is 10.2. The monoisotopic (exact) mass is 276 g/mol. The first kappa shape index (κ1) is 14.4. The molecule has 0 spiro atoms. The van der Waals surface area contributed by atoms with E-state index >= 15 is 0 Å². The molecule has 6 heteroatoms. The van der Waals surface area contributed by atoms with Crippen molar-refractivity contribution in [3.63, 3.8) is 0 Å². The molecular formula is C11H17ClN2O2S. The fraction of sp³-hybridized carbons (Fsp3) is 0.455. The molecule has 0 heterocycles. The summed E-state index contributed by atoms with van der Waals surface area (Å²) in [6, 6.07) is 4.79. The largest absolute Gasteiger partial charge is 0.328 e. The molecule has 0 aliphatic rings. The zero-order chi connectivity index (χ0) is 13.1. The van der Waals surface area contributed by atoms with Gasteiger partial charge in [-0.15, -0.1) is 0 Å². The van der Waals surface area contributed by atoms with Crippen LogP contribution < -0.4 is 10.5 Å². The zero-order valence-electron chi connectivity index (χ0n) is 9.90. The molecule has 0 bridgehead atoms. The average Bonchev–Trinajstić information content (AvgIpc) is 2.21. The Morgan fingerprint density at radius 3 is 2.71 bits per heavy atom. The molecule has 1 unspecified atom stereocenters. The fourth-order valence-corrected chi connectivity index (χ4v) is 2.92. The van der Waals surface area contributed by atoms with E-state index in [4.69, 9.17) is 17.3 Å². The first-order valence-electron chi connectivity index (χ1n) is 5.35. The van der Waals surface area contributed by atoms with Crippen molar-refractivity contribution in [1.82, 2.24) is 4.72 Å². The van der Waals surface area contributed by atoms with Crippen LogP contribution in [0.2, 0.25) is 5.02 Å². The summed E-state index contributed by atoms with van der Waals surface area (Å²) >= 11 is 5.89. The van der Waals surface area contributed by atoms with E-state index in [0.29, 0.717) is 23.6 Å². The smallest absolute Gasteiger partial charge is 0.240 e. The van der Waals surface area contributed by atoms with Gasteiger partial charge in [-0.05, 0) is 38.0 Å². The van der Waals surface area contributed by atoms with Gasteiger partial charge in [0.2, 0.25) is 10.0 Å². The minimum atomic E-state index is -3.50. The van der Waals surface area contributed by atoms with E-state index < -0.39 is 10.0 Å². The molecule has 0 saturated heterocycles. The van der Waals surface area contributed by atoms with Crippen LogP contribution in [0.5, 0.6) is 0 Å². The molecular weight excluding hydrogens is 260 g/mol. The minimum absolute atomic E-state index is 0.0295. The van der Waals surface area contributed by atoms with E-state index in [1.54, 1.807) is 19.1 Å². The van der Waals surface area contributed by atoms with E-state index in [-0.39, 0.29) is 10.9 Å². The van der Waals surface area contributed by atoms with E-state index in [0.717, 1.165) is 0 Å². The Labute approximate surface area is 107 Å². The fourth-order valence-electron chi connectivity index (χ4n) is 1.38. The van der Waals surface area contributed by atoms with Gasteiger partial charge in [0.25, 0.3) is 0 Å². The number of nitrogens with one attached hydrogen (secondary N) is 1. The molecule has 0 radical (unpaired) electrons. The van der Waals surface area contributed by atoms with Crippen molar-refractivity contribution < 1.29 is 8.42 Å². The number of rotatable bonds is 5. The lowest BCUT2D eigenvalue weighted by molar-refractivity contribution is 0.571. The Bertz CT molecular complexity index is 486. The predicted octanol–water partition coefficient (Wildman–Crippen LogP) is 1.66. The molecule has 0 aliphatic heterocycles. The van der Waals surface area contributed by atoms with Gasteiger partial charge >= 0.3 is 0 Å². The van der Waals surface area contributed by atoms with Crippen LogP contribution in [-0.2, 0) is 10.0 Å². The molecule has 1 atom stereocenters. The normalized spacial score (nSPS) is 13.6. The third-order valence-corrected chi connectivity index (χ3v) is 4.41. The highest BCUT2D eigenvalue weighted by Gasteiger charge is 2.17. The Hall–Kier alpha value is -0.620. The Balaban J connectivity index is 2.87. The summed E-state index contributed by atoms with van der Waals surface area (Å²) in [6.45, 7) is 3.84. The number of benzene rings is 1. The lowest BCUT2D eigenvalue weighted by Crippen LogP contribution is -2.29. The number of hydrogen-bond donors (Lipinski definition) is 2.